The molecule has 11 heteroatoms. The van der Waals surface area contributed by atoms with Crippen molar-refractivity contribution >= 4 is 44.8 Å². The molecule has 1 aromatic rings. The molecule has 0 atom stereocenters. The van der Waals surface area contributed by atoms with Crippen LogP contribution in [0.2, 0.25) is 78.6 Å². The van der Waals surface area contributed by atoms with E-state index in [4.69, 9.17) is 4.63 Å². The Labute approximate surface area is 167 Å². The molecule has 0 aliphatic rings. The van der Waals surface area contributed by atoms with Crippen LogP contribution in [0, 0.1) is 0 Å². The minimum absolute atomic E-state index is 0.0614. The van der Waals surface area contributed by atoms with Crippen molar-refractivity contribution in [1.29, 1.82) is 0 Å². The van der Waals surface area contributed by atoms with Gasteiger partial charge in [0.2, 0.25) is 11.4 Å². The fourth-order valence-electron chi connectivity index (χ4n) is 3.91. The first kappa shape index (κ1) is 24.0. The van der Waals surface area contributed by atoms with E-state index >= 15 is 0 Å². The Hall–Kier alpha value is -1.05. The van der Waals surface area contributed by atoms with Crippen LogP contribution in [0.4, 0.5) is 0 Å². The Morgan fingerprint density at radius 2 is 0.815 bits per heavy atom. The van der Waals surface area contributed by atoms with E-state index < -0.39 is 32.9 Å². The average Bonchev–Trinajstić information content (AvgIpc) is 2.79. The summed E-state index contributed by atoms with van der Waals surface area (Å²) in [7, 11) is -7.88. The topological polar surface area (TPSA) is 79.5 Å². The van der Waals surface area contributed by atoms with Gasteiger partial charge in [0.15, 0.2) is 0 Å². The molecule has 0 aromatic carbocycles. The summed E-state index contributed by atoms with van der Waals surface area (Å²) in [5, 5.41) is 7.76. The van der Waals surface area contributed by atoms with Crippen LogP contribution in [0.15, 0.2) is 4.63 Å². The van der Waals surface area contributed by atoms with Crippen LogP contribution >= 0.6 is 0 Å². The van der Waals surface area contributed by atoms with Gasteiger partial charge in [0, 0.05) is 0 Å². The van der Waals surface area contributed by atoms with E-state index in [-0.39, 0.29) is 23.2 Å². The SMILES string of the molecule is C[Si](C)(C)N(C(=O)c1nonc1C(=O)N([Si](C)(C)C)[Si](C)(C)C)[Si](C)(C)C. The lowest BCUT2D eigenvalue weighted by Crippen LogP contribution is -2.63. The van der Waals surface area contributed by atoms with Crippen molar-refractivity contribution in [3.8, 4) is 0 Å². The smallest absolute Gasteiger partial charge is 0.262 e. The maximum atomic E-state index is 13.4. The Kier molecular flexibility index (Phi) is 6.58. The van der Waals surface area contributed by atoms with Crippen LogP contribution in [0.25, 0.3) is 0 Å². The van der Waals surface area contributed by atoms with Gasteiger partial charge >= 0.3 is 0 Å². The summed E-state index contributed by atoms with van der Waals surface area (Å²) >= 11 is 0. The molecule has 0 radical (unpaired) electrons. The lowest BCUT2D eigenvalue weighted by Gasteiger charge is -2.44. The average molecular weight is 445 g/mol. The van der Waals surface area contributed by atoms with Crippen LogP contribution in [-0.4, -0.2) is 63.5 Å². The summed E-state index contributed by atoms with van der Waals surface area (Å²) in [6.45, 7) is 25.6. The molecule has 154 valence electrons. The summed E-state index contributed by atoms with van der Waals surface area (Å²) in [6.07, 6.45) is 0. The standard InChI is InChI=1S/C16H36N4O3Si4/c1-24(2,3)19(25(4,5)6)15(21)13-14(18-23-17-13)16(22)20(26(7,8)9)27(10,11)12/h1-12H3. The van der Waals surface area contributed by atoms with Crippen LogP contribution in [-0.2, 0) is 0 Å². The van der Waals surface area contributed by atoms with Crippen molar-refractivity contribution in [1.82, 2.24) is 18.8 Å². The summed E-state index contributed by atoms with van der Waals surface area (Å²) in [4.78, 5) is 26.9. The highest BCUT2D eigenvalue weighted by Crippen LogP contribution is 2.26. The third kappa shape index (κ3) is 5.48. The molecule has 0 saturated carbocycles. The minimum Gasteiger partial charge on any atom is -0.391 e. The lowest BCUT2D eigenvalue weighted by molar-refractivity contribution is 0.0865. The molecule has 0 unspecified atom stereocenters. The van der Waals surface area contributed by atoms with Gasteiger partial charge in [-0.1, -0.05) is 78.6 Å². The highest BCUT2D eigenvalue weighted by atomic mass is 28.4. The van der Waals surface area contributed by atoms with Crippen molar-refractivity contribution in [2.75, 3.05) is 0 Å². The van der Waals surface area contributed by atoms with E-state index in [1.165, 1.54) is 0 Å². The summed E-state index contributed by atoms with van der Waals surface area (Å²) < 4.78 is 8.91. The number of carbonyl (C=O) groups is 2. The molecule has 1 heterocycles. The monoisotopic (exact) mass is 444 g/mol. The van der Waals surface area contributed by atoms with E-state index in [1.54, 1.807) is 0 Å². The van der Waals surface area contributed by atoms with E-state index in [0.29, 0.717) is 0 Å². The molecule has 0 N–H and O–H groups in total. The van der Waals surface area contributed by atoms with E-state index in [2.05, 4.69) is 88.9 Å². The summed E-state index contributed by atoms with van der Waals surface area (Å²) in [5.74, 6) is -0.437. The van der Waals surface area contributed by atoms with Gasteiger partial charge in [0.25, 0.3) is 11.8 Å². The van der Waals surface area contributed by atoms with Crippen LogP contribution in [0.3, 0.4) is 0 Å². The minimum atomic E-state index is -1.97. The zero-order valence-electron chi connectivity index (χ0n) is 19.0. The van der Waals surface area contributed by atoms with E-state index in [9.17, 15) is 9.59 Å². The number of aromatic nitrogens is 2. The maximum Gasteiger partial charge on any atom is 0.262 e. The van der Waals surface area contributed by atoms with Gasteiger partial charge in [-0.15, -0.1) is 0 Å². The Morgan fingerprint density at radius 1 is 0.593 bits per heavy atom. The summed E-state index contributed by atoms with van der Waals surface area (Å²) in [6, 6.07) is 0. The molecule has 0 fully saturated rings. The van der Waals surface area contributed by atoms with Gasteiger partial charge in [-0.05, 0) is 10.3 Å². The highest BCUT2D eigenvalue weighted by Gasteiger charge is 2.45. The zero-order valence-corrected chi connectivity index (χ0v) is 23.0. The molecule has 2 amide bonds. The quantitative estimate of drug-likeness (QED) is 0.611. The molecule has 0 aliphatic heterocycles. The van der Waals surface area contributed by atoms with Gasteiger partial charge < -0.3 is 8.46 Å². The fourth-order valence-corrected chi connectivity index (χ4v) is 22.9. The Bertz CT molecular complexity index is 622. The number of amides is 2. The number of rotatable bonds is 6. The van der Waals surface area contributed by atoms with Gasteiger partial charge in [-0.3, -0.25) is 9.59 Å². The first-order valence-corrected chi connectivity index (χ1v) is 23.1. The third-order valence-corrected chi connectivity index (χ3v) is 18.2. The second-order valence-corrected chi connectivity index (χ2v) is 31.0. The largest absolute Gasteiger partial charge is 0.391 e. The molecule has 0 saturated heterocycles. The molecular formula is C16H36N4O3Si4. The van der Waals surface area contributed by atoms with E-state index in [0.717, 1.165) is 0 Å². The molecular weight excluding hydrogens is 409 g/mol. The van der Waals surface area contributed by atoms with Crippen molar-refractivity contribution in [3.05, 3.63) is 11.4 Å². The first-order valence-electron chi connectivity index (χ1n) is 9.31. The van der Waals surface area contributed by atoms with Crippen LogP contribution in [0.5, 0.6) is 0 Å². The van der Waals surface area contributed by atoms with Crippen molar-refractivity contribution in [2.24, 2.45) is 0 Å². The van der Waals surface area contributed by atoms with Crippen LogP contribution in [0.1, 0.15) is 21.0 Å². The third-order valence-electron chi connectivity index (χ3n) is 3.98. The van der Waals surface area contributed by atoms with E-state index in [1.807, 2.05) is 8.46 Å². The second-order valence-electron chi connectivity index (χ2n) is 10.9. The number of hydrogen-bond donors (Lipinski definition) is 0. The molecule has 27 heavy (non-hydrogen) atoms. The molecule has 0 bridgehead atoms. The van der Waals surface area contributed by atoms with Gasteiger partial charge in [0.05, 0.1) is 0 Å². The zero-order chi connectivity index (χ0) is 21.6. The highest BCUT2D eigenvalue weighted by molar-refractivity contribution is 6.93. The normalized spacial score (nSPS) is 13.5. The molecule has 1 aromatic heterocycles. The molecule has 0 aliphatic carbocycles. The van der Waals surface area contributed by atoms with Gasteiger partial charge in [0.1, 0.15) is 32.9 Å². The predicted molar refractivity (Wildman–Crippen MR) is 120 cm³/mol. The molecule has 1 rings (SSSR count). The predicted octanol–water partition coefficient (Wildman–Crippen LogP) is 4.29. The van der Waals surface area contributed by atoms with Crippen LogP contribution < -0.4 is 0 Å². The van der Waals surface area contributed by atoms with Gasteiger partial charge in [-0.2, -0.15) is 0 Å². The second kappa shape index (κ2) is 7.41. The lowest BCUT2D eigenvalue weighted by atomic mass is 10.3. The Balaban J connectivity index is 3.49. The Morgan fingerprint density at radius 3 is 1.00 bits per heavy atom. The number of carbonyl (C=O) groups excluding carboxylic acids is 2. The molecule has 7 nitrogen and oxygen atoms in total. The molecule has 0 spiro atoms. The van der Waals surface area contributed by atoms with Gasteiger partial charge in [-0.25, -0.2) is 4.63 Å². The number of hydrogen-bond acceptors (Lipinski definition) is 5. The number of nitrogens with zero attached hydrogens (tertiary/aromatic N) is 4. The maximum absolute atomic E-state index is 13.4. The fraction of sp³-hybridized carbons (Fsp3) is 0.750. The first-order chi connectivity index (χ1) is 11.8. The van der Waals surface area contributed by atoms with Crippen molar-refractivity contribution in [3.63, 3.8) is 0 Å². The summed E-state index contributed by atoms with van der Waals surface area (Å²) in [5.41, 5.74) is 0.123. The van der Waals surface area contributed by atoms with Crippen molar-refractivity contribution < 1.29 is 14.2 Å². The van der Waals surface area contributed by atoms with Crippen molar-refractivity contribution in [2.45, 2.75) is 78.6 Å².